The van der Waals surface area contributed by atoms with Gasteiger partial charge in [-0.3, -0.25) is 9.78 Å². The minimum absolute atomic E-state index is 0.305. The maximum Gasteiger partial charge on any atom is 0.247 e. The molecule has 4 aromatic rings. The SMILES string of the molecule is C=CC(=O)Nc1cc(Nc2nccc(-c3cncc4ccccc34)n2)c(OC)cc1N(C)CCN(C)C. The third-order valence-corrected chi connectivity index (χ3v) is 5.90. The maximum atomic E-state index is 12.2. The van der Waals surface area contributed by atoms with Crippen LogP contribution in [0.1, 0.15) is 0 Å². The van der Waals surface area contributed by atoms with E-state index in [2.05, 4.69) is 37.0 Å². The lowest BCUT2D eigenvalue weighted by Crippen LogP contribution is -2.29. The summed E-state index contributed by atoms with van der Waals surface area (Å²) in [5.41, 5.74) is 3.69. The van der Waals surface area contributed by atoms with Crippen molar-refractivity contribution in [1.82, 2.24) is 19.9 Å². The number of anilines is 4. The van der Waals surface area contributed by atoms with Gasteiger partial charge in [0.15, 0.2) is 0 Å². The molecule has 0 aliphatic heterocycles. The van der Waals surface area contributed by atoms with E-state index in [-0.39, 0.29) is 5.91 Å². The zero-order valence-corrected chi connectivity index (χ0v) is 21.5. The number of benzene rings is 2. The van der Waals surface area contributed by atoms with E-state index in [4.69, 9.17) is 9.72 Å². The number of hydrogen-bond acceptors (Lipinski definition) is 8. The highest BCUT2D eigenvalue weighted by molar-refractivity contribution is 6.02. The molecule has 0 unspecified atom stereocenters. The van der Waals surface area contributed by atoms with Gasteiger partial charge in [-0.15, -0.1) is 0 Å². The number of aromatic nitrogens is 3. The predicted molar refractivity (Wildman–Crippen MR) is 150 cm³/mol. The average Bonchev–Trinajstić information content (AvgIpc) is 2.91. The van der Waals surface area contributed by atoms with Crippen molar-refractivity contribution in [1.29, 1.82) is 0 Å². The average molecular weight is 498 g/mol. The Kier molecular flexibility index (Phi) is 7.95. The molecule has 0 saturated carbocycles. The van der Waals surface area contributed by atoms with Gasteiger partial charge in [0.2, 0.25) is 11.9 Å². The number of nitrogens with zero attached hydrogens (tertiary/aromatic N) is 5. The van der Waals surface area contributed by atoms with E-state index < -0.39 is 0 Å². The Labute approximate surface area is 216 Å². The van der Waals surface area contributed by atoms with E-state index in [1.54, 1.807) is 19.5 Å². The first-order chi connectivity index (χ1) is 17.9. The molecule has 1 amide bonds. The van der Waals surface area contributed by atoms with E-state index >= 15 is 0 Å². The molecule has 190 valence electrons. The zero-order valence-electron chi connectivity index (χ0n) is 21.5. The standard InChI is InChI=1S/C28H31N7O2/c1-6-27(36)31-23-15-24(26(37-5)16-25(23)35(4)14-13-34(2)3)33-28-30-12-11-22(32-28)21-18-29-17-19-9-7-8-10-20(19)21/h6-12,15-18H,1,13-14H2,2-5H3,(H,31,36)(H,30,32,33). The number of pyridine rings is 1. The molecule has 4 rings (SSSR count). The summed E-state index contributed by atoms with van der Waals surface area (Å²) in [6, 6.07) is 13.6. The molecule has 0 atom stereocenters. The normalized spacial score (nSPS) is 10.8. The van der Waals surface area contributed by atoms with Gasteiger partial charge in [0.25, 0.3) is 0 Å². The molecule has 0 spiro atoms. The van der Waals surface area contributed by atoms with Crippen molar-refractivity contribution in [3.8, 4) is 17.0 Å². The summed E-state index contributed by atoms with van der Waals surface area (Å²) < 4.78 is 5.69. The Balaban J connectivity index is 1.71. The fourth-order valence-electron chi connectivity index (χ4n) is 3.92. The van der Waals surface area contributed by atoms with Gasteiger partial charge in [0, 0.05) is 55.7 Å². The maximum absolute atomic E-state index is 12.2. The third kappa shape index (κ3) is 6.02. The van der Waals surface area contributed by atoms with Gasteiger partial charge in [0.1, 0.15) is 5.75 Å². The van der Waals surface area contributed by atoms with Gasteiger partial charge in [0.05, 0.1) is 29.9 Å². The highest BCUT2D eigenvalue weighted by Crippen LogP contribution is 2.38. The highest BCUT2D eigenvalue weighted by atomic mass is 16.5. The second kappa shape index (κ2) is 11.5. The molecule has 2 heterocycles. The van der Waals surface area contributed by atoms with E-state index in [9.17, 15) is 4.79 Å². The summed E-state index contributed by atoms with van der Waals surface area (Å²) in [6.07, 6.45) is 6.57. The topological polar surface area (TPSA) is 95.5 Å². The van der Waals surface area contributed by atoms with Crippen LogP contribution in [0.2, 0.25) is 0 Å². The number of fused-ring (bicyclic) bond motifs is 1. The number of likely N-dealkylation sites (N-methyl/N-ethyl adjacent to an activating group) is 2. The molecule has 9 nitrogen and oxygen atoms in total. The van der Waals surface area contributed by atoms with Gasteiger partial charge in [-0.05, 0) is 37.7 Å². The van der Waals surface area contributed by atoms with E-state index in [0.29, 0.717) is 23.1 Å². The highest BCUT2D eigenvalue weighted by Gasteiger charge is 2.17. The van der Waals surface area contributed by atoms with Crippen molar-refractivity contribution in [2.24, 2.45) is 0 Å². The number of amides is 1. The minimum atomic E-state index is -0.305. The Hall–Kier alpha value is -4.50. The van der Waals surface area contributed by atoms with Crippen LogP contribution in [0.5, 0.6) is 5.75 Å². The molecule has 37 heavy (non-hydrogen) atoms. The lowest BCUT2D eigenvalue weighted by Gasteiger charge is -2.26. The summed E-state index contributed by atoms with van der Waals surface area (Å²) in [6.45, 7) is 5.18. The van der Waals surface area contributed by atoms with Gasteiger partial charge < -0.3 is 25.2 Å². The number of hydrogen-bond donors (Lipinski definition) is 2. The largest absolute Gasteiger partial charge is 0.494 e. The van der Waals surface area contributed by atoms with Crippen LogP contribution in [0, 0.1) is 0 Å². The molecule has 2 aromatic carbocycles. The molecule has 0 fully saturated rings. The van der Waals surface area contributed by atoms with Gasteiger partial charge >= 0.3 is 0 Å². The zero-order chi connectivity index (χ0) is 26.4. The van der Waals surface area contributed by atoms with Crippen molar-refractivity contribution in [3.63, 3.8) is 0 Å². The molecule has 0 aliphatic rings. The molecule has 2 N–H and O–H groups in total. The number of ether oxygens (including phenoxy) is 1. The van der Waals surface area contributed by atoms with E-state index in [0.717, 1.165) is 40.8 Å². The Morgan fingerprint density at radius 2 is 1.89 bits per heavy atom. The van der Waals surface area contributed by atoms with Crippen molar-refractivity contribution in [2.45, 2.75) is 0 Å². The third-order valence-electron chi connectivity index (χ3n) is 5.90. The number of methoxy groups -OCH3 is 1. The molecule has 0 saturated heterocycles. The molecule has 0 aliphatic carbocycles. The van der Waals surface area contributed by atoms with Crippen LogP contribution in [-0.2, 0) is 4.79 Å². The molecule has 0 radical (unpaired) electrons. The summed E-state index contributed by atoms with van der Waals surface area (Å²) >= 11 is 0. The lowest BCUT2D eigenvalue weighted by molar-refractivity contribution is -0.111. The number of nitrogens with one attached hydrogen (secondary N) is 2. The Bertz CT molecular complexity index is 1420. The van der Waals surface area contributed by atoms with E-state index in [1.807, 2.05) is 69.8 Å². The predicted octanol–water partition coefficient (Wildman–Crippen LogP) is 4.57. The fraction of sp³-hybridized carbons (Fsp3) is 0.214. The number of carbonyl (C=O) groups is 1. The summed E-state index contributed by atoms with van der Waals surface area (Å²) in [4.78, 5) is 29.9. The van der Waals surface area contributed by atoms with Crippen LogP contribution < -0.4 is 20.3 Å². The van der Waals surface area contributed by atoms with Gasteiger partial charge in [-0.1, -0.05) is 30.8 Å². The van der Waals surface area contributed by atoms with Crippen LogP contribution in [0.15, 0.2) is 73.7 Å². The van der Waals surface area contributed by atoms with Crippen molar-refractivity contribution in [3.05, 3.63) is 73.7 Å². The van der Waals surface area contributed by atoms with E-state index in [1.165, 1.54) is 6.08 Å². The lowest BCUT2D eigenvalue weighted by atomic mass is 10.1. The first kappa shape index (κ1) is 25.6. The molecule has 9 heteroatoms. The number of rotatable bonds is 10. The smallest absolute Gasteiger partial charge is 0.247 e. The summed E-state index contributed by atoms with van der Waals surface area (Å²) in [7, 11) is 7.61. The van der Waals surface area contributed by atoms with Crippen molar-refractivity contribution in [2.75, 3.05) is 56.9 Å². The molecule has 0 bridgehead atoms. The number of carbonyl (C=O) groups excluding carboxylic acids is 1. The minimum Gasteiger partial charge on any atom is -0.494 e. The van der Waals surface area contributed by atoms with Crippen LogP contribution in [0.3, 0.4) is 0 Å². The van der Waals surface area contributed by atoms with Crippen LogP contribution in [0.25, 0.3) is 22.0 Å². The first-order valence-electron chi connectivity index (χ1n) is 11.8. The van der Waals surface area contributed by atoms with Crippen LogP contribution in [-0.4, -0.2) is 67.1 Å². The monoisotopic (exact) mass is 497 g/mol. The van der Waals surface area contributed by atoms with Crippen LogP contribution >= 0.6 is 0 Å². The van der Waals surface area contributed by atoms with Crippen LogP contribution in [0.4, 0.5) is 23.0 Å². The Morgan fingerprint density at radius 3 is 2.65 bits per heavy atom. The molecular formula is C28H31N7O2. The quantitative estimate of drug-likeness (QED) is 0.308. The summed E-state index contributed by atoms with van der Waals surface area (Å²) in [5, 5.41) is 8.25. The van der Waals surface area contributed by atoms with Gasteiger partial charge in [-0.2, -0.15) is 0 Å². The second-order valence-corrected chi connectivity index (χ2v) is 8.79. The Morgan fingerprint density at radius 1 is 1.08 bits per heavy atom. The fourth-order valence-corrected chi connectivity index (χ4v) is 3.92. The van der Waals surface area contributed by atoms with Crippen molar-refractivity contribution >= 4 is 39.7 Å². The molecular weight excluding hydrogens is 466 g/mol. The first-order valence-corrected chi connectivity index (χ1v) is 11.8. The second-order valence-electron chi connectivity index (χ2n) is 8.79. The van der Waals surface area contributed by atoms with Gasteiger partial charge in [-0.25, -0.2) is 9.97 Å². The summed E-state index contributed by atoms with van der Waals surface area (Å²) in [5.74, 6) is 0.669. The van der Waals surface area contributed by atoms with Crippen molar-refractivity contribution < 1.29 is 9.53 Å². The molecule has 2 aromatic heterocycles.